The van der Waals surface area contributed by atoms with Crippen LogP contribution in [0.2, 0.25) is 0 Å². The standard InChI is InChI=1S/C22H27N3O2/c1-3-14-25(20-12-13-23-16-20)22(27)18-9-7-8-17(15-18)21(26)24(2)19-10-5-4-6-11-19/h4-11,15,20,23H,3,12-14,16H2,1-2H3. The first-order valence-electron chi connectivity index (χ1n) is 9.56. The van der Waals surface area contributed by atoms with Crippen molar-refractivity contribution in [3.63, 3.8) is 0 Å². The van der Waals surface area contributed by atoms with Gasteiger partial charge in [0.2, 0.25) is 0 Å². The largest absolute Gasteiger partial charge is 0.334 e. The predicted octanol–water partition coefficient (Wildman–Crippen LogP) is 3.18. The van der Waals surface area contributed by atoms with Gasteiger partial charge in [-0.3, -0.25) is 9.59 Å². The van der Waals surface area contributed by atoms with Crippen molar-refractivity contribution in [1.29, 1.82) is 0 Å². The Labute approximate surface area is 161 Å². The van der Waals surface area contributed by atoms with Gasteiger partial charge in [-0.25, -0.2) is 0 Å². The van der Waals surface area contributed by atoms with E-state index in [1.54, 1.807) is 36.2 Å². The second-order valence-electron chi connectivity index (χ2n) is 6.93. The van der Waals surface area contributed by atoms with E-state index in [9.17, 15) is 9.59 Å². The lowest BCUT2D eigenvalue weighted by Gasteiger charge is -2.28. The molecule has 2 aromatic carbocycles. The van der Waals surface area contributed by atoms with E-state index >= 15 is 0 Å². The zero-order valence-corrected chi connectivity index (χ0v) is 16.0. The maximum absolute atomic E-state index is 13.1. The van der Waals surface area contributed by atoms with Crippen LogP contribution in [0.5, 0.6) is 0 Å². The van der Waals surface area contributed by atoms with Crippen molar-refractivity contribution < 1.29 is 9.59 Å². The number of rotatable bonds is 6. The van der Waals surface area contributed by atoms with Gasteiger partial charge in [0.15, 0.2) is 0 Å². The highest BCUT2D eigenvalue weighted by molar-refractivity contribution is 6.07. The summed E-state index contributed by atoms with van der Waals surface area (Å²) in [4.78, 5) is 29.5. The minimum Gasteiger partial charge on any atom is -0.334 e. The van der Waals surface area contributed by atoms with E-state index < -0.39 is 0 Å². The third-order valence-corrected chi connectivity index (χ3v) is 5.01. The van der Waals surface area contributed by atoms with Crippen LogP contribution in [0.4, 0.5) is 5.69 Å². The van der Waals surface area contributed by atoms with Gasteiger partial charge in [0.1, 0.15) is 0 Å². The van der Waals surface area contributed by atoms with Crippen molar-refractivity contribution in [3.05, 3.63) is 65.7 Å². The van der Waals surface area contributed by atoms with E-state index in [2.05, 4.69) is 12.2 Å². The number of hydrogen-bond acceptors (Lipinski definition) is 3. The van der Waals surface area contributed by atoms with Gasteiger partial charge in [-0.05, 0) is 49.7 Å². The van der Waals surface area contributed by atoms with Crippen molar-refractivity contribution in [3.8, 4) is 0 Å². The molecule has 142 valence electrons. The Kier molecular flexibility index (Phi) is 6.24. The number of amides is 2. The normalized spacial score (nSPS) is 16.1. The molecule has 1 atom stereocenters. The van der Waals surface area contributed by atoms with Gasteiger partial charge in [-0.1, -0.05) is 31.2 Å². The highest BCUT2D eigenvalue weighted by Gasteiger charge is 2.27. The van der Waals surface area contributed by atoms with E-state index in [1.807, 2.05) is 35.2 Å². The molecule has 0 radical (unpaired) electrons. The van der Waals surface area contributed by atoms with Crippen molar-refractivity contribution in [2.24, 2.45) is 0 Å². The van der Waals surface area contributed by atoms with Crippen molar-refractivity contribution in [1.82, 2.24) is 10.2 Å². The topological polar surface area (TPSA) is 52.7 Å². The molecule has 2 aromatic rings. The fourth-order valence-electron chi connectivity index (χ4n) is 3.51. The number of anilines is 1. The van der Waals surface area contributed by atoms with E-state index in [0.29, 0.717) is 11.1 Å². The maximum atomic E-state index is 13.1. The lowest BCUT2D eigenvalue weighted by Crippen LogP contribution is -2.42. The monoisotopic (exact) mass is 365 g/mol. The Bertz CT molecular complexity index is 785. The second kappa shape index (κ2) is 8.82. The molecule has 1 saturated heterocycles. The summed E-state index contributed by atoms with van der Waals surface area (Å²) in [6.07, 6.45) is 1.89. The minimum atomic E-state index is -0.125. The summed E-state index contributed by atoms with van der Waals surface area (Å²) in [6.45, 7) is 4.59. The Morgan fingerprint density at radius 3 is 2.37 bits per heavy atom. The summed E-state index contributed by atoms with van der Waals surface area (Å²) >= 11 is 0. The van der Waals surface area contributed by atoms with Gasteiger partial charge in [-0.2, -0.15) is 0 Å². The van der Waals surface area contributed by atoms with Crippen LogP contribution in [0.25, 0.3) is 0 Å². The Morgan fingerprint density at radius 2 is 1.74 bits per heavy atom. The molecule has 0 bridgehead atoms. The number of benzene rings is 2. The van der Waals surface area contributed by atoms with Gasteiger partial charge in [0.05, 0.1) is 0 Å². The lowest BCUT2D eigenvalue weighted by molar-refractivity contribution is 0.0692. The van der Waals surface area contributed by atoms with E-state index in [4.69, 9.17) is 0 Å². The van der Waals surface area contributed by atoms with Crippen LogP contribution in [0.3, 0.4) is 0 Å². The summed E-state index contributed by atoms with van der Waals surface area (Å²) < 4.78 is 0. The zero-order chi connectivity index (χ0) is 19.2. The van der Waals surface area contributed by atoms with Crippen LogP contribution in [-0.4, -0.2) is 49.4 Å². The van der Waals surface area contributed by atoms with Crippen LogP contribution < -0.4 is 10.2 Å². The summed E-state index contributed by atoms with van der Waals surface area (Å²) in [5, 5.41) is 3.33. The van der Waals surface area contributed by atoms with Crippen molar-refractivity contribution >= 4 is 17.5 Å². The molecule has 0 aliphatic carbocycles. The van der Waals surface area contributed by atoms with E-state index in [0.717, 1.165) is 38.2 Å². The SMILES string of the molecule is CCCN(C(=O)c1cccc(C(=O)N(C)c2ccccc2)c1)C1CCNC1. The molecular formula is C22H27N3O2. The average molecular weight is 365 g/mol. The first-order chi connectivity index (χ1) is 13.1. The molecule has 2 amide bonds. The molecule has 5 heteroatoms. The molecule has 0 aromatic heterocycles. The molecule has 5 nitrogen and oxygen atoms in total. The molecule has 1 fully saturated rings. The molecule has 27 heavy (non-hydrogen) atoms. The predicted molar refractivity (Wildman–Crippen MR) is 108 cm³/mol. The molecule has 3 rings (SSSR count). The summed E-state index contributed by atoms with van der Waals surface area (Å²) in [7, 11) is 1.75. The van der Waals surface area contributed by atoms with E-state index in [-0.39, 0.29) is 17.9 Å². The van der Waals surface area contributed by atoms with Gasteiger partial charge in [-0.15, -0.1) is 0 Å². The Hall–Kier alpha value is -2.66. The number of hydrogen-bond donors (Lipinski definition) is 1. The Morgan fingerprint density at radius 1 is 1.04 bits per heavy atom. The van der Waals surface area contributed by atoms with Gasteiger partial charge in [0, 0.05) is 43.0 Å². The highest BCUT2D eigenvalue weighted by Crippen LogP contribution is 2.18. The summed E-state index contributed by atoms with van der Waals surface area (Å²) in [5.41, 5.74) is 1.92. The quantitative estimate of drug-likeness (QED) is 0.855. The first kappa shape index (κ1) is 19.1. The number of carbonyl (C=O) groups is 2. The third-order valence-electron chi connectivity index (χ3n) is 5.01. The first-order valence-corrected chi connectivity index (χ1v) is 9.56. The van der Waals surface area contributed by atoms with Gasteiger partial charge < -0.3 is 15.1 Å². The van der Waals surface area contributed by atoms with Crippen LogP contribution in [0.1, 0.15) is 40.5 Å². The molecular weight excluding hydrogens is 338 g/mol. The van der Waals surface area contributed by atoms with Crippen LogP contribution in [-0.2, 0) is 0 Å². The zero-order valence-electron chi connectivity index (χ0n) is 16.0. The number of para-hydroxylation sites is 1. The maximum Gasteiger partial charge on any atom is 0.258 e. The number of nitrogens with one attached hydrogen (secondary N) is 1. The summed E-state index contributed by atoms with van der Waals surface area (Å²) in [5.74, 6) is -0.122. The van der Waals surface area contributed by atoms with Crippen LogP contribution in [0.15, 0.2) is 54.6 Å². The third kappa shape index (κ3) is 4.37. The summed E-state index contributed by atoms with van der Waals surface area (Å²) in [6, 6.07) is 16.8. The number of carbonyl (C=O) groups excluding carboxylic acids is 2. The average Bonchev–Trinajstić information content (AvgIpc) is 3.25. The molecule has 1 aliphatic heterocycles. The molecule has 1 N–H and O–H groups in total. The Balaban J connectivity index is 1.81. The lowest BCUT2D eigenvalue weighted by atomic mass is 10.1. The molecule has 1 aliphatic rings. The van der Waals surface area contributed by atoms with E-state index in [1.165, 1.54) is 0 Å². The van der Waals surface area contributed by atoms with Crippen LogP contribution >= 0.6 is 0 Å². The molecule has 0 saturated carbocycles. The van der Waals surface area contributed by atoms with Crippen molar-refractivity contribution in [2.75, 3.05) is 31.6 Å². The molecule has 1 heterocycles. The smallest absolute Gasteiger partial charge is 0.258 e. The van der Waals surface area contributed by atoms with Gasteiger partial charge >= 0.3 is 0 Å². The van der Waals surface area contributed by atoms with Crippen molar-refractivity contribution in [2.45, 2.75) is 25.8 Å². The van der Waals surface area contributed by atoms with Crippen LogP contribution in [0, 0.1) is 0 Å². The second-order valence-corrected chi connectivity index (χ2v) is 6.93. The molecule has 1 unspecified atom stereocenters. The fraction of sp³-hybridized carbons (Fsp3) is 0.364. The fourth-order valence-corrected chi connectivity index (χ4v) is 3.51. The number of nitrogens with zero attached hydrogens (tertiary/aromatic N) is 2. The van der Waals surface area contributed by atoms with Gasteiger partial charge in [0.25, 0.3) is 11.8 Å². The highest BCUT2D eigenvalue weighted by atomic mass is 16.2. The minimum absolute atomic E-state index is 0.00237. The molecule has 0 spiro atoms.